The Hall–Kier alpha value is -1.06. The molecule has 2 N–H and O–H groups in total. The lowest BCUT2D eigenvalue weighted by atomic mass is 10.2. The smallest absolute Gasteiger partial charge is 0.218 e. The van der Waals surface area contributed by atoms with E-state index in [1.54, 1.807) is 0 Å². The highest BCUT2D eigenvalue weighted by atomic mass is 15.4. The van der Waals surface area contributed by atoms with Crippen molar-refractivity contribution in [1.82, 2.24) is 14.8 Å². The molecular formula is C10H18N4. The average molecular weight is 194 g/mol. The number of nitrogen functional groups attached to an aromatic ring is 1. The molecule has 0 atom stereocenters. The first kappa shape index (κ1) is 9.49. The number of nitrogens with two attached hydrogens (primary N) is 1. The third-order valence-corrected chi connectivity index (χ3v) is 2.45. The van der Waals surface area contributed by atoms with Crippen LogP contribution in [0.2, 0.25) is 0 Å². The first-order chi connectivity index (χ1) is 6.65. The summed E-state index contributed by atoms with van der Waals surface area (Å²) in [5.41, 5.74) is 5.78. The van der Waals surface area contributed by atoms with Gasteiger partial charge in [0.15, 0.2) is 5.82 Å². The van der Waals surface area contributed by atoms with Gasteiger partial charge in [-0.05, 0) is 24.7 Å². The van der Waals surface area contributed by atoms with Crippen molar-refractivity contribution < 1.29 is 0 Å². The van der Waals surface area contributed by atoms with Crippen LogP contribution in [-0.4, -0.2) is 14.8 Å². The van der Waals surface area contributed by atoms with Gasteiger partial charge in [-0.15, -0.1) is 0 Å². The number of nitrogens with zero attached hydrogens (tertiary/aromatic N) is 3. The Bertz CT molecular complexity index is 312. The van der Waals surface area contributed by atoms with Gasteiger partial charge >= 0.3 is 0 Å². The van der Waals surface area contributed by atoms with Crippen LogP contribution in [0.1, 0.15) is 32.5 Å². The molecule has 1 aliphatic rings. The molecule has 4 nitrogen and oxygen atoms in total. The van der Waals surface area contributed by atoms with Crippen LogP contribution in [0.4, 0.5) is 5.95 Å². The van der Waals surface area contributed by atoms with Crippen molar-refractivity contribution in [3.8, 4) is 0 Å². The van der Waals surface area contributed by atoms with E-state index in [9.17, 15) is 0 Å². The van der Waals surface area contributed by atoms with Gasteiger partial charge in [0.05, 0.1) is 0 Å². The van der Waals surface area contributed by atoms with E-state index in [2.05, 4.69) is 23.9 Å². The van der Waals surface area contributed by atoms with Crippen LogP contribution in [0.25, 0.3) is 0 Å². The summed E-state index contributed by atoms with van der Waals surface area (Å²) in [5.74, 6) is 2.87. The van der Waals surface area contributed by atoms with Gasteiger partial charge in [-0.3, -0.25) is 0 Å². The van der Waals surface area contributed by atoms with Gasteiger partial charge in [-0.1, -0.05) is 13.8 Å². The summed E-state index contributed by atoms with van der Waals surface area (Å²) in [4.78, 5) is 4.27. The largest absolute Gasteiger partial charge is 0.368 e. The Labute approximate surface area is 84.5 Å². The molecule has 2 rings (SSSR count). The predicted octanol–water partition coefficient (Wildman–Crippen LogP) is 1.47. The van der Waals surface area contributed by atoms with E-state index in [0.717, 1.165) is 24.7 Å². The monoisotopic (exact) mass is 194 g/mol. The minimum Gasteiger partial charge on any atom is -0.368 e. The van der Waals surface area contributed by atoms with Crippen molar-refractivity contribution in [2.75, 3.05) is 5.73 Å². The van der Waals surface area contributed by atoms with Crippen molar-refractivity contribution in [2.24, 2.45) is 11.8 Å². The quantitative estimate of drug-likeness (QED) is 0.789. The Morgan fingerprint density at radius 1 is 1.50 bits per heavy atom. The van der Waals surface area contributed by atoms with Crippen molar-refractivity contribution in [1.29, 1.82) is 0 Å². The molecule has 1 aliphatic carbocycles. The van der Waals surface area contributed by atoms with Crippen LogP contribution in [0.5, 0.6) is 0 Å². The lowest BCUT2D eigenvalue weighted by Gasteiger charge is -2.04. The Morgan fingerprint density at radius 2 is 2.21 bits per heavy atom. The number of aromatic nitrogens is 3. The topological polar surface area (TPSA) is 56.7 Å². The van der Waals surface area contributed by atoms with Crippen molar-refractivity contribution in [3.05, 3.63) is 5.82 Å². The third-order valence-electron chi connectivity index (χ3n) is 2.45. The molecule has 0 aromatic carbocycles. The maximum absolute atomic E-state index is 5.78. The van der Waals surface area contributed by atoms with Gasteiger partial charge in [-0.2, -0.15) is 10.1 Å². The third kappa shape index (κ3) is 2.25. The Balaban J connectivity index is 2.03. The molecule has 1 aromatic heterocycles. The lowest BCUT2D eigenvalue weighted by molar-refractivity contribution is 0.484. The summed E-state index contributed by atoms with van der Waals surface area (Å²) in [5, 5.41) is 4.41. The minimum atomic E-state index is 0.563. The molecule has 4 heteroatoms. The first-order valence-electron chi connectivity index (χ1n) is 5.34. The zero-order chi connectivity index (χ0) is 10.1. The van der Waals surface area contributed by atoms with Crippen molar-refractivity contribution in [2.45, 2.75) is 39.7 Å². The van der Waals surface area contributed by atoms with Crippen LogP contribution in [0.15, 0.2) is 0 Å². The number of hydrogen-bond acceptors (Lipinski definition) is 3. The van der Waals surface area contributed by atoms with Crippen LogP contribution < -0.4 is 5.73 Å². The van der Waals surface area contributed by atoms with Crippen LogP contribution in [0.3, 0.4) is 0 Å². The Morgan fingerprint density at radius 3 is 2.79 bits per heavy atom. The van der Waals surface area contributed by atoms with Gasteiger partial charge in [0.25, 0.3) is 0 Å². The molecule has 0 bridgehead atoms. The fourth-order valence-corrected chi connectivity index (χ4v) is 1.55. The highest BCUT2D eigenvalue weighted by Gasteiger charge is 2.23. The summed E-state index contributed by atoms with van der Waals surface area (Å²) in [6, 6.07) is 0. The van der Waals surface area contributed by atoms with Gasteiger partial charge in [0.1, 0.15) is 0 Å². The molecule has 0 amide bonds. The molecule has 78 valence electrons. The molecule has 1 fully saturated rings. The molecule has 1 saturated carbocycles. The Kier molecular flexibility index (Phi) is 2.44. The molecular weight excluding hydrogens is 176 g/mol. The van der Waals surface area contributed by atoms with E-state index in [1.807, 2.05) is 4.68 Å². The van der Waals surface area contributed by atoms with E-state index in [1.165, 1.54) is 12.8 Å². The fourth-order valence-electron chi connectivity index (χ4n) is 1.55. The van der Waals surface area contributed by atoms with E-state index < -0.39 is 0 Å². The van der Waals surface area contributed by atoms with Crippen LogP contribution in [0, 0.1) is 11.8 Å². The van der Waals surface area contributed by atoms with Crippen LogP contribution >= 0.6 is 0 Å². The van der Waals surface area contributed by atoms with E-state index in [4.69, 9.17) is 5.73 Å². The maximum Gasteiger partial charge on any atom is 0.218 e. The molecule has 0 unspecified atom stereocenters. The van der Waals surface area contributed by atoms with Gasteiger partial charge < -0.3 is 5.73 Å². The van der Waals surface area contributed by atoms with Gasteiger partial charge in [0.2, 0.25) is 5.95 Å². The fraction of sp³-hybridized carbons (Fsp3) is 0.800. The maximum atomic E-state index is 5.78. The zero-order valence-electron chi connectivity index (χ0n) is 8.90. The lowest BCUT2D eigenvalue weighted by Crippen LogP contribution is -2.09. The summed E-state index contributed by atoms with van der Waals surface area (Å²) >= 11 is 0. The second-order valence-electron chi connectivity index (χ2n) is 4.61. The van der Waals surface area contributed by atoms with E-state index in [-0.39, 0.29) is 0 Å². The molecule has 0 spiro atoms. The first-order valence-corrected chi connectivity index (χ1v) is 5.34. The van der Waals surface area contributed by atoms with Crippen LogP contribution in [-0.2, 0) is 13.0 Å². The second-order valence-corrected chi connectivity index (χ2v) is 4.61. The summed E-state index contributed by atoms with van der Waals surface area (Å²) in [6.45, 7) is 5.17. The highest BCUT2D eigenvalue weighted by molar-refractivity contribution is 5.16. The highest BCUT2D eigenvalue weighted by Crippen LogP contribution is 2.31. The zero-order valence-corrected chi connectivity index (χ0v) is 8.90. The summed E-state index contributed by atoms with van der Waals surface area (Å²) in [7, 11) is 0. The SMILES string of the molecule is CC(C)Cn1nc(CC2CC2)nc1N. The molecule has 1 heterocycles. The average Bonchev–Trinajstić information content (AvgIpc) is 2.79. The molecule has 0 aliphatic heterocycles. The molecule has 14 heavy (non-hydrogen) atoms. The second kappa shape index (κ2) is 3.59. The number of anilines is 1. The number of rotatable bonds is 4. The standard InChI is InChI=1S/C10H18N4/c1-7(2)6-14-10(11)12-9(13-14)5-8-3-4-8/h7-8H,3-6H2,1-2H3,(H2,11,12,13). The molecule has 0 radical (unpaired) electrons. The van der Waals surface area contributed by atoms with Gasteiger partial charge in [0, 0.05) is 13.0 Å². The van der Waals surface area contributed by atoms with E-state index in [0.29, 0.717) is 11.9 Å². The minimum absolute atomic E-state index is 0.563. The molecule has 1 aromatic rings. The van der Waals surface area contributed by atoms with E-state index >= 15 is 0 Å². The van der Waals surface area contributed by atoms with Gasteiger partial charge in [-0.25, -0.2) is 4.68 Å². The van der Waals surface area contributed by atoms with Crippen molar-refractivity contribution >= 4 is 5.95 Å². The van der Waals surface area contributed by atoms with Crippen molar-refractivity contribution in [3.63, 3.8) is 0 Å². The summed E-state index contributed by atoms with van der Waals surface area (Å²) < 4.78 is 1.82. The predicted molar refractivity (Wildman–Crippen MR) is 55.7 cm³/mol. The number of hydrogen-bond donors (Lipinski definition) is 1. The summed E-state index contributed by atoms with van der Waals surface area (Å²) in [6.07, 6.45) is 3.67. The molecule has 0 saturated heterocycles. The normalized spacial score (nSPS) is 16.5.